The molecule has 0 radical (unpaired) electrons. The maximum absolute atomic E-state index is 9.32. The van der Waals surface area contributed by atoms with Gasteiger partial charge in [-0.1, -0.05) is 37.6 Å². The molecule has 1 aromatic carbocycles. The van der Waals surface area contributed by atoms with Crippen LogP contribution in [0.15, 0.2) is 30.5 Å². The number of aliphatic hydroxyl groups is 1. The smallest absolute Gasteiger partial charge is 0.143 e. The van der Waals surface area contributed by atoms with Crippen molar-refractivity contribution in [3.05, 3.63) is 46.7 Å². The summed E-state index contributed by atoms with van der Waals surface area (Å²) in [6, 6.07) is 7.71. The summed E-state index contributed by atoms with van der Waals surface area (Å²) >= 11 is 6.11. The van der Waals surface area contributed by atoms with Gasteiger partial charge >= 0.3 is 0 Å². The van der Waals surface area contributed by atoms with Crippen molar-refractivity contribution < 1.29 is 9.84 Å². The first-order chi connectivity index (χ1) is 10.2. The van der Waals surface area contributed by atoms with Crippen LogP contribution in [-0.2, 0) is 13.2 Å². The highest BCUT2D eigenvalue weighted by Gasteiger charge is 2.11. The van der Waals surface area contributed by atoms with Crippen molar-refractivity contribution in [2.75, 3.05) is 0 Å². The van der Waals surface area contributed by atoms with Crippen molar-refractivity contribution in [1.82, 2.24) is 9.78 Å². The van der Waals surface area contributed by atoms with Crippen molar-refractivity contribution in [2.24, 2.45) is 0 Å². The number of hydrogen-bond donors (Lipinski definition) is 1. The van der Waals surface area contributed by atoms with Crippen molar-refractivity contribution in [2.45, 2.75) is 45.9 Å². The van der Waals surface area contributed by atoms with Gasteiger partial charge in [0, 0.05) is 11.8 Å². The standard InChI is InChI=1S/C16H21ClN2O2/c1-3-14(4-2)19-9-8-13(18-19)11-21-16-12(10-20)6-5-7-15(16)17/h5-9,14,20H,3-4,10-11H2,1-2H3. The van der Waals surface area contributed by atoms with Crippen LogP contribution in [-0.4, -0.2) is 14.9 Å². The van der Waals surface area contributed by atoms with Gasteiger partial charge in [0.25, 0.3) is 0 Å². The van der Waals surface area contributed by atoms with E-state index in [1.165, 1.54) is 0 Å². The predicted octanol–water partition coefficient (Wildman–Crippen LogP) is 3.97. The second-order valence-electron chi connectivity index (χ2n) is 4.93. The molecular formula is C16H21ClN2O2. The van der Waals surface area contributed by atoms with Crippen LogP contribution in [0.3, 0.4) is 0 Å². The Labute approximate surface area is 130 Å². The van der Waals surface area contributed by atoms with Gasteiger partial charge in [-0.3, -0.25) is 4.68 Å². The molecule has 0 aliphatic rings. The Hall–Kier alpha value is -1.52. The third kappa shape index (κ3) is 3.77. The number of aliphatic hydroxyl groups excluding tert-OH is 1. The zero-order valence-corrected chi connectivity index (χ0v) is 13.2. The van der Waals surface area contributed by atoms with Crippen molar-refractivity contribution >= 4 is 11.6 Å². The number of hydrogen-bond acceptors (Lipinski definition) is 3. The summed E-state index contributed by atoms with van der Waals surface area (Å²) in [6.07, 6.45) is 4.09. The molecule has 0 saturated carbocycles. The number of ether oxygens (including phenoxy) is 1. The second kappa shape index (κ2) is 7.48. The average molecular weight is 309 g/mol. The monoisotopic (exact) mass is 308 g/mol. The van der Waals surface area contributed by atoms with Crippen molar-refractivity contribution in [3.63, 3.8) is 0 Å². The van der Waals surface area contributed by atoms with E-state index in [1.54, 1.807) is 18.2 Å². The molecule has 0 fully saturated rings. The fraction of sp³-hybridized carbons (Fsp3) is 0.438. The Morgan fingerprint density at radius 2 is 2.05 bits per heavy atom. The molecule has 21 heavy (non-hydrogen) atoms. The van der Waals surface area contributed by atoms with Gasteiger partial charge in [-0.15, -0.1) is 0 Å². The third-order valence-corrected chi connectivity index (χ3v) is 3.86. The molecule has 0 spiro atoms. The van der Waals surface area contributed by atoms with E-state index in [4.69, 9.17) is 16.3 Å². The van der Waals surface area contributed by atoms with Gasteiger partial charge in [0.1, 0.15) is 12.4 Å². The summed E-state index contributed by atoms with van der Waals surface area (Å²) in [5.41, 5.74) is 1.53. The number of rotatable bonds is 7. The molecule has 1 heterocycles. The lowest BCUT2D eigenvalue weighted by atomic mass is 10.2. The Balaban J connectivity index is 2.07. The zero-order valence-electron chi connectivity index (χ0n) is 12.4. The summed E-state index contributed by atoms with van der Waals surface area (Å²) in [5, 5.41) is 14.4. The lowest BCUT2D eigenvalue weighted by molar-refractivity contribution is 0.256. The first kappa shape index (κ1) is 15.9. The normalized spacial score (nSPS) is 11.1. The lowest BCUT2D eigenvalue weighted by Gasteiger charge is -2.13. The maximum atomic E-state index is 9.32. The molecule has 114 valence electrons. The number of halogens is 1. The molecule has 4 nitrogen and oxygen atoms in total. The van der Waals surface area contributed by atoms with E-state index in [-0.39, 0.29) is 6.61 Å². The average Bonchev–Trinajstić information content (AvgIpc) is 2.96. The number of para-hydroxylation sites is 1. The summed E-state index contributed by atoms with van der Waals surface area (Å²) in [4.78, 5) is 0. The van der Waals surface area contributed by atoms with E-state index in [9.17, 15) is 5.11 Å². The molecule has 2 rings (SSSR count). The summed E-state index contributed by atoms with van der Waals surface area (Å²) in [6.45, 7) is 4.55. The molecule has 0 atom stereocenters. The van der Waals surface area contributed by atoms with Crippen LogP contribution in [0, 0.1) is 0 Å². The van der Waals surface area contributed by atoms with Gasteiger partial charge in [0.05, 0.1) is 23.4 Å². The van der Waals surface area contributed by atoms with Crippen LogP contribution < -0.4 is 4.74 Å². The summed E-state index contributed by atoms with van der Waals surface area (Å²) in [5.74, 6) is 0.527. The van der Waals surface area contributed by atoms with E-state index in [1.807, 2.05) is 16.9 Å². The van der Waals surface area contributed by atoms with Gasteiger partial charge in [-0.2, -0.15) is 5.10 Å². The number of aromatic nitrogens is 2. The van der Waals surface area contributed by atoms with E-state index < -0.39 is 0 Å². The highest BCUT2D eigenvalue weighted by molar-refractivity contribution is 6.32. The van der Waals surface area contributed by atoms with Crippen LogP contribution in [0.25, 0.3) is 0 Å². The molecule has 0 saturated heterocycles. The molecule has 1 N–H and O–H groups in total. The minimum absolute atomic E-state index is 0.0991. The van der Waals surface area contributed by atoms with E-state index >= 15 is 0 Å². The third-order valence-electron chi connectivity index (χ3n) is 3.56. The zero-order chi connectivity index (χ0) is 15.2. The van der Waals surface area contributed by atoms with Gasteiger partial charge in [0.2, 0.25) is 0 Å². The minimum atomic E-state index is -0.0991. The molecule has 0 bridgehead atoms. The Morgan fingerprint density at radius 1 is 1.29 bits per heavy atom. The molecule has 0 amide bonds. The van der Waals surface area contributed by atoms with Crippen LogP contribution in [0.4, 0.5) is 0 Å². The molecular weight excluding hydrogens is 288 g/mol. The Kier molecular flexibility index (Phi) is 5.65. The first-order valence-corrected chi connectivity index (χ1v) is 7.62. The lowest BCUT2D eigenvalue weighted by Crippen LogP contribution is -2.08. The van der Waals surface area contributed by atoms with Crippen LogP contribution in [0.5, 0.6) is 5.75 Å². The van der Waals surface area contributed by atoms with Gasteiger partial charge in [-0.05, 0) is 25.0 Å². The largest absolute Gasteiger partial charge is 0.485 e. The summed E-state index contributed by atoms with van der Waals surface area (Å²) in [7, 11) is 0. The molecule has 0 unspecified atom stereocenters. The topological polar surface area (TPSA) is 47.3 Å². The van der Waals surface area contributed by atoms with Crippen molar-refractivity contribution in [3.8, 4) is 5.75 Å². The highest BCUT2D eigenvalue weighted by atomic mass is 35.5. The van der Waals surface area contributed by atoms with Crippen LogP contribution >= 0.6 is 11.6 Å². The van der Waals surface area contributed by atoms with E-state index in [2.05, 4.69) is 18.9 Å². The Bertz CT molecular complexity index is 579. The van der Waals surface area contributed by atoms with E-state index in [0.29, 0.717) is 29.0 Å². The number of benzene rings is 1. The number of nitrogens with zero attached hydrogens (tertiary/aromatic N) is 2. The molecule has 5 heteroatoms. The molecule has 0 aliphatic heterocycles. The fourth-order valence-corrected chi connectivity index (χ4v) is 2.55. The van der Waals surface area contributed by atoms with E-state index in [0.717, 1.165) is 18.5 Å². The second-order valence-corrected chi connectivity index (χ2v) is 5.34. The van der Waals surface area contributed by atoms with Crippen LogP contribution in [0.2, 0.25) is 5.02 Å². The molecule has 2 aromatic rings. The first-order valence-electron chi connectivity index (χ1n) is 7.24. The van der Waals surface area contributed by atoms with Gasteiger partial charge in [-0.25, -0.2) is 0 Å². The van der Waals surface area contributed by atoms with Gasteiger partial charge < -0.3 is 9.84 Å². The van der Waals surface area contributed by atoms with Crippen molar-refractivity contribution in [1.29, 1.82) is 0 Å². The molecule has 0 aliphatic carbocycles. The minimum Gasteiger partial charge on any atom is -0.485 e. The fourth-order valence-electron chi connectivity index (χ4n) is 2.31. The Morgan fingerprint density at radius 3 is 2.71 bits per heavy atom. The summed E-state index contributed by atoms with van der Waals surface area (Å²) < 4.78 is 7.72. The van der Waals surface area contributed by atoms with Crippen LogP contribution in [0.1, 0.15) is 44.0 Å². The molecule has 1 aromatic heterocycles. The predicted molar refractivity (Wildman–Crippen MR) is 83.6 cm³/mol. The highest BCUT2D eigenvalue weighted by Crippen LogP contribution is 2.29. The SMILES string of the molecule is CCC(CC)n1ccc(COc2c(Cl)cccc2CO)n1. The quantitative estimate of drug-likeness (QED) is 0.842. The maximum Gasteiger partial charge on any atom is 0.143 e. The van der Waals surface area contributed by atoms with Gasteiger partial charge in [0.15, 0.2) is 0 Å².